The van der Waals surface area contributed by atoms with Crippen LogP contribution >= 0.6 is 11.8 Å². The van der Waals surface area contributed by atoms with E-state index in [1.807, 2.05) is 18.7 Å². The summed E-state index contributed by atoms with van der Waals surface area (Å²) < 4.78 is 0. The Labute approximate surface area is 84.7 Å². The first-order chi connectivity index (χ1) is 6.09. The molecule has 0 aliphatic heterocycles. The summed E-state index contributed by atoms with van der Waals surface area (Å²) in [5.74, 6) is 0.990. The summed E-state index contributed by atoms with van der Waals surface area (Å²) >= 11 is 1.84. The van der Waals surface area contributed by atoms with Crippen molar-refractivity contribution in [3.63, 3.8) is 0 Å². The fraction of sp³-hybridized carbons (Fsp3) is 0.455. The van der Waals surface area contributed by atoms with Crippen LogP contribution in [0.2, 0.25) is 0 Å². The van der Waals surface area contributed by atoms with Crippen LogP contribution in [0, 0.1) is 13.8 Å². The van der Waals surface area contributed by atoms with Gasteiger partial charge in [-0.05, 0) is 32.4 Å². The van der Waals surface area contributed by atoms with E-state index in [1.165, 1.54) is 16.0 Å². The third-order valence-electron chi connectivity index (χ3n) is 1.83. The molecule has 2 N–H and O–H groups in total. The van der Waals surface area contributed by atoms with Gasteiger partial charge in [0.05, 0.1) is 0 Å². The lowest BCUT2D eigenvalue weighted by molar-refractivity contribution is 0.847. The van der Waals surface area contributed by atoms with Crippen molar-refractivity contribution in [3.8, 4) is 0 Å². The van der Waals surface area contributed by atoms with Crippen LogP contribution in [0.3, 0.4) is 0 Å². The number of rotatable bonds is 3. The minimum Gasteiger partial charge on any atom is -0.327 e. The Morgan fingerprint density at radius 3 is 2.62 bits per heavy atom. The molecular weight excluding hydrogens is 178 g/mol. The molecule has 72 valence electrons. The Balaban J connectivity index is 2.67. The average molecular weight is 195 g/mol. The molecule has 0 bridgehead atoms. The van der Waals surface area contributed by atoms with Gasteiger partial charge in [-0.25, -0.2) is 0 Å². The van der Waals surface area contributed by atoms with Crippen LogP contribution < -0.4 is 5.73 Å². The number of thioether (sulfide) groups is 1. The van der Waals surface area contributed by atoms with Crippen molar-refractivity contribution in [1.82, 2.24) is 0 Å². The highest BCUT2D eigenvalue weighted by Gasteiger charge is 2.00. The lowest BCUT2D eigenvalue weighted by atomic mass is 10.2. The zero-order chi connectivity index (χ0) is 9.84. The van der Waals surface area contributed by atoms with Gasteiger partial charge in [0, 0.05) is 16.7 Å². The molecule has 1 aromatic carbocycles. The lowest BCUT2D eigenvalue weighted by Crippen LogP contribution is -2.17. The van der Waals surface area contributed by atoms with Gasteiger partial charge in [-0.3, -0.25) is 0 Å². The summed E-state index contributed by atoms with van der Waals surface area (Å²) in [6.45, 7) is 6.31. The van der Waals surface area contributed by atoms with Crippen LogP contribution in [0.5, 0.6) is 0 Å². The van der Waals surface area contributed by atoms with Crippen molar-refractivity contribution in [1.29, 1.82) is 0 Å². The van der Waals surface area contributed by atoms with Crippen LogP contribution in [0.15, 0.2) is 23.1 Å². The van der Waals surface area contributed by atoms with Crippen LogP contribution in [-0.4, -0.2) is 11.8 Å². The minimum atomic E-state index is 0.269. The summed E-state index contributed by atoms with van der Waals surface area (Å²) in [5.41, 5.74) is 8.37. The second-order valence-electron chi connectivity index (χ2n) is 3.56. The van der Waals surface area contributed by atoms with E-state index < -0.39 is 0 Å². The van der Waals surface area contributed by atoms with Gasteiger partial charge in [-0.15, -0.1) is 11.8 Å². The molecule has 1 aromatic rings. The van der Waals surface area contributed by atoms with Crippen LogP contribution in [0.4, 0.5) is 0 Å². The Morgan fingerprint density at radius 1 is 1.38 bits per heavy atom. The quantitative estimate of drug-likeness (QED) is 0.750. The van der Waals surface area contributed by atoms with Gasteiger partial charge in [0.2, 0.25) is 0 Å². The topological polar surface area (TPSA) is 26.0 Å². The molecule has 0 radical (unpaired) electrons. The molecule has 1 atom stereocenters. The van der Waals surface area contributed by atoms with Gasteiger partial charge in [0.15, 0.2) is 0 Å². The number of aryl methyl sites for hydroxylation is 2. The maximum absolute atomic E-state index is 5.70. The minimum absolute atomic E-state index is 0.269. The van der Waals surface area contributed by atoms with E-state index in [-0.39, 0.29) is 6.04 Å². The fourth-order valence-corrected chi connectivity index (χ4v) is 2.08. The summed E-state index contributed by atoms with van der Waals surface area (Å²) in [6.07, 6.45) is 0. The Morgan fingerprint density at radius 2 is 2.08 bits per heavy atom. The zero-order valence-electron chi connectivity index (χ0n) is 8.50. The van der Waals surface area contributed by atoms with Gasteiger partial charge in [-0.1, -0.05) is 17.7 Å². The van der Waals surface area contributed by atoms with Gasteiger partial charge in [0.1, 0.15) is 0 Å². The van der Waals surface area contributed by atoms with E-state index in [1.54, 1.807) is 0 Å². The maximum atomic E-state index is 5.70. The maximum Gasteiger partial charge on any atom is 0.0130 e. The predicted octanol–water partition coefficient (Wildman–Crippen LogP) is 2.74. The summed E-state index contributed by atoms with van der Waals surface area (Å²) in [6, 6.07) is 6.81. The van der Waals surface area contributed by atoms with Gasteiger partial charge >= 0.3 is 0 Å². The molecular formula is C11H17NS. The first-order valence-electron chi connectivity index (χ1n) is 4.55. The summed E-state index contributed by atoms with van der Waals surface area (Å²) in [5, 5.41) is 0. The molecule has 0 aromatic heterocycles. The molecule has 0 saturated heterocycles. The molecule has 0 spiro atoms. The third kappa shape index (κ3) is 3.41. The zero-order valence-corrected chi connectivity index (χ0v) is 9.32. The molecule has 0 saturated carbocycles. The Kier molecular flexibility index (Phi) is 3.82. The second kappa shape index (κ2) is 4.68. The fourth-order valence-electron chi connectivity index (χ4n) is 1.18. The molecule has 0 aliphatic carbocycles. The number of hydrogen-bond acceptors (Lipinski definition) is 2. The van der Waals surface area contributed by atoms with Crippen molar-refractivity contribution < 1.29 is 0 Å². The summed E-state index contributed by atoms with van der Waals surface area (Å²) in [4.78, 5) is 1.35. The normalized spacial score (nSPS) is 12.9. The smallest absolute Gasteiger partial charge is 0.0130 e. The van der Waals surface area contributed by atoms with E-state index in [9.17, 15) is 0 Å². The first-order valence-corrected chi connectivity index (χ1v) is 5.54. The number of benzene rings is 1. The average Bonchev–Trinajstić information content (AvgIpc) is 2.02. The van der Waals surface area contributed by atoms with Crippen molar-refractivity contribution in [3.05, 3.63) is 29.3 Å². The Bertz CT molecular complexity index is 281. The van der Waals surface area contributed by atoms with Crippen LogP contribution in [0.1, 0.15) is 18.1 Å². The van der Waals surface area contributed by atoms with E-state index in [0.717, 1.165) is 5.75 Å². The predicted molar refractivity (Wildman–Crippen MR) is 60.3 cm³/mol. The highest BCUT2D eigenvalue weighted by molar-refractivity contribution is 7.99. The molecule has 0 aliphatic rings. The van der Waals surface area contributed by atoms with E-state index in [2.05, 4.69) is 32.0 Å². The largest absolute Gasteiger partial charge is 0.327 e. The number of hydrogen-bond donors (Lipinski definition) is 1. The van der Waals surface area contributed by atoms with Gasteiger partial charge in [0.25, 0.3) is 0 Å². The van der Waals surface area contributed by atoms with E-state index in [0.29, 0.717) is 0 Å². The molecule has 2 heteroatoms. The highest BCUT2D eigenvalue weighted by atomic mass is 32.2. The van der Waals surface area contributed by atoms with Crippen molar-refractivity contribution in [2.24, 2.45) is 5.73 Å². The van der Waals surface area contributed by atoms with Crippen molar-refractivity contribution >= 4 is 11.8 Å². The van der Waals surface area contributed by atoms with Crippen molar-refractivity contribution in [2.45, 2.75) is 31.7 Å². The van der Waals surface area contributed by atoms with Gasteiger partial charge in [-0.2, -0.15) is 0 Å². The standard InChI is InChI=1S/C11H17NS/c1-8-4-5-11(9(2)6-8)13-7-10(3)12/h4-6,10H,7,12H2,1-3H3. The molecule has 0 amide bonds. The SMILES string of the molecule is Cc1ccc(SCC(C)N)c(C)c1. The summed E-state index contributed by atoms with van der Waals surface area (Å²) in [7, 11) is 0. The van der Waals surface area contributed by atoms with Crippen LogP contribution in [0.25, 0.3) is 0 Å². The second-order valence-corrected chi connectivity index (χ2v) is 4.62. The first kappa shape index (κ1) is 10.6. The monoisotopic (exact) mass is 195 g/mol. The van der Waals surface area contributed by atoms with Gasteiger partial charge < -0.3 is 5.73 Å². The van der Waals surface area contributed by atoms with Crippen LogP contribution in [-0.2, 0) is 0 Å². The lowest BCUT2D eigenvalue weighted by Gasteiger charge is -2.08. The molecule has 0 fully saturated rings. The van der Waals surface area contributed by atoms with Crippen molar-refractivity contribution in [2.75, 3.05) is 5.75 Å². The third-order valence-corrected chi connectivity index (χ3v) is 3.29. The Hall–Kier alpha value is -0.470. The molecule has 1 unspecified atom stereocenters. The highest BCUT2D eigenvalue weighted by Crippen LogP contribution is 2.23. The molecule has 1 nitrogen and oxygen atoms in total. The molecule has 13 heavy (non-hydrogen) atoms. The van der Waals surface area contributed by atoms with E-state index in [4.69, 9.17) is 5.73 Å². The molecule has 1 rings (SSSR count). The van der Waals surface area contributed by atoms with E-state index >= 15 is 0 Å². The molecule has 0 heterocycles. The number of nitrogens with two attached hydrogens (primary N) is 1.